The minimum Gasteiger partial charge on any atom is -0.478 e. The van der Waals surface area contributed by atoms with E-state index in [2.05, 4.69) is 15.9 Å². The number of hydrogen-bond donors (Lipinski definition) is 1. The van der Waals surface area contributed by atoms with Gasteiger partial charge in [0, 0.05) is 4.47 Å². The maximum Gasteiger partial charge on any atom is 0.418 e. The molecule has 0 saturated heterocycles. The highest BCUT2D eigenvalue weighted by molar-refractivity contribution is 9.10. The second-order valence-electron chi connectivity index (χ2n) is 2.59. The number of carbonyl (C=O) groups is 1. The van der Waals surface area contributed by atoms with Crippen molar-refractivity contribution in [2.45, 2.75) is 6.18 Å². The third-order valence-electron chi connectivity index (χ3n) is 1.60. The number of carboxylic acids is 1. The van der Waals surface area contributed by atoms with Gasteiger partial charge in [-0.05, 0) is 28.1 Å². The summed E-state index contributed by atoms with van der Waals surface area (Å²) in [5, 5.41) is 8.06. The number of aromatic carboxylic acids is 1. The molecule has 0 radical (unpaired) electrons. The predicted molar refractivity (Wildman–Crippen MR) is 51.1 cm³/mol. The molecule has 2 nitrogen and oxygen atoms in total. The maximum atomic E-state index is 12.4. The van der Waals surface area contributed by atoms with E-state index in [0.717, 1.165) is 12.1 Å². The molecule has 0 aromatic heterocycles. The van der Waals surface area contributed by atoms with Gasteiger partial charge in [-0.3, -0.25) is 0 Å². The van der Waals surface area contributed by atoms with E-state index in [1.54, 1.807) is 0 Å². The van der Waals surface area contributed by atoms with E-state index >= 15 is 0 Å². The molecule has 1 rings (SSSR count). The lowest BCUT2D eigenvalue weighted by atomic mass is 10.1. The van der Waals surface area contributed by atoms with Gasteiger partial charge in [0.1, 0.15) is 0 Å². The second kappa shape index (κ2) is 4.02. The molecule has 7 heteroatoms. The lowest BCUT2D eigenvalue weighted by Gasteiger charge is -2.12. The highest BCUT2D eigenvalue weighted by atomic mass is 79.9. The summed E-state index contributed by atoms with van der Waals surface area (Å²) in [6, 6.07) is 1.91. The summed E-state index contributed by atoms with van der Waals surface area (Å²) in [6.45, 7) is 0. The van der Waals surface area contributed by atoms with E-state index in [9.17, 15) is 18.0 Å². The van der Waals surface area contributed by atoms with Crippen molar-refractivity contribution in [3.05, 3.63) is 32.8 Å². The van der Waals surface area contributed by atoms with Gasteiger partial charge in [0.25, 0.3) is 0 Å². The Kier molecular flexibility index (Phi) is 3.30. The first-order valence-electron chi connectivity index (χ1n) is 3.53. The topological polar surface area (TPSA) is 37.3 Å². The molecule has 0 amide bonds. The van der Waals surface area contributed by atoms with Crippen LogP contribution in [0.3, 0.4) is 0 Å². The van der Waals surface area contributed by atoms with Crippen molar-refractivity contribution < 1.29 is 23.1 Å². The third-order valence-corrected chi connectivity index (χ3v) is 2.74. The summed E-state index contributed by atoms with van der Waals surface area (Å²) < 4.78 is 36.8. The van der Waals surface area contributed by atoms with Gasteiger partial charge in [-0.25, -0.2) is 4.79 Å². The fraction of sp³-hybridized carbons (Fsp3) is 0.125. The molecule has 82 valence electrons. The first-order valence-corrected chi connectivity index (χ1v) is 4.70. The Hall–Kier alpha value is -0.750. The highest BCUT2D eigenvalue weighted by Crippen LogP contribution is 2.41. The van der Waals surface area contributed by atoms with Crippen LogP contribution in [-0.2, 0) is 6.18 Å². The number of alkyl halides is 3. The van der Waals surface area contributed by atoms with Gasteiger partial charge in [0.15, 0.2) is 0 Å². The van der Waals surface area contributed by atoms with Gasteiger partial charge in [-0.15, -0.1) is 0 Å². The van der Waals surface area contributed by atoms with E-state index in [0.29, 0.717) is 0 Å². The maximum absolute atomic E-state index is 12.4. The Bertz CT molecular complexity index is 417. The Morgan fingerprint density at radius 1 is 1.40 bits per heavy atom. The Morgan fingerprint density at radius 2 is 1.93 bits per heavy atom. The van der Waals surface area contributed by atoms with Crippen LogP contribution in [0.2, 0.25) is 5.02 Å². The fourth-order valence-electron chi connectivity index (χ4n) is 0.978. The molecule has 0 heterocycles. The van der Waals surface area contributed by atoms with Gasteiger partial charge < -0.3 is 5.11 Å². The lowest BCUT2D eigenvalue weighted by Crippen LogP contribution is -2.10. The van der Waals surface area contributed by atoms with E-state index in [1.807, 2.05) is 0 Å². The average Bonchev–Trinajstić information content (AvgIpc) is 2.00. The smallest absolute Gasteiger partial charge is 0.418 e. The molecular formula is C8H3BrClF3O2. The van der Waals surface area contributed by atoms with Crippen molar-refractivity contribution in [1.82, 2.24) is 0 Å². The largest absolute Gasteiger partial charge is 0.478 e. The molecule has 0 aliphatic carbocycles. The third kappa shape index (κ3) is 2.43. The predicted octanol–water partition coefficient (Wildman–Crippen LogP) is 3.82. The van der Waals surface area contributed by atoms with Crippen LogP contribution in [-0.4, -0.2) is 11.1 Å². The molecule has 1 N–H and O–H groups in total. The van der Waals surface area contributed by atoms with E-state index in [1.165, 1.54) is 0 Å². The summed E-state index contributed by atoms with van der Waals surface area (Å²) in [7, 11) is 0. The van der Waals surface area contributed by atoms with Crippen molar-refractivity contribution in [2.75, 3.05) is 0 Å². The molecule has 1 aromatic rings. The van der Waals surface area contributed by atoms with Crippen molar-refractivity contribution >= 4 is 33.5 Å². The van der Waals surface area contributed by atoms with Crippen molar-refractivity contribution in [1.29, 1.82) is 0 Å². The molecule has 0 aliphatic rings. The van der Waals surface area contributed by atoms with Gasteiger partial charge in [0.05, 0.1) is 16.1 Å². The molecule has 0 fully saturated rings. The van der Waals surface area contributed by atoms with Crippen LogP contribution < -0.4 is 0 Å². The van der Waals surface area contributed by atoms with Crippen LogP contribution in [0, 0.1) is 0 Å². The van der Waals surface area contributed by atoms with Gasteiger partial charge in [0.2, 0.25) is 0 Å². The van der Waals surface area contributed by atoms with E-state index in [-0.39, 0.29) is 0 Å². The minimum absolute atomic E-state index is 0.480. The van der Waals surface area contributed by atoms with Crippen LogP contribution in [0.4, 0.5) is 13.2 Å². The van der Waals surface area contributed by atoms with Crippen molar-refractivity contribution in [2.24, 2.45) is 0 Å². The van der Waals surface area contributed by atoms with Crippen LogP contribution in [0.5, 0.6) is 0 Å². The van der Waals surface area contributed by atoms with Gasteiger partial charge in [-0.2, -0.15) is 13.2 Å². The fourth-order valence-corrected chi connectivity index (χ4v) is 2.10. The summed E-state index contributed by atoms with van der Waals surface area (Å²) in [5.41, 5.74) is -1.66. The van der Waals surface area contributed by atoms with Gasteiger partial charge in [-0.1, -0.05) is 11.6 Å². The molecule has 0 aliphatic heterocycles. The molecule has 0 saturated carbocycles. The summed E-state index contributed by atoms with van der Waals surface area (Å²) >= 11 is 7.93. The number of rotatable bonds is 1. The summed E-state index contributed by atoms with van der Waals surface area (Å²) in [5.74, 6) is -1.45. The standard InChI is InChI=1S/C8H3BrClF3O2/c9-6-3(7(14)15)1-2-4(10)5(6)8(11,12)13/h1-2H,(H,14,15). The number of carboxylic acid groups (broad SMARTS) is 1. The average molecular weight is 303 g/mol. The first-order chi connectivity index (χ1) is 6.75. The molecule has 0 atom stereocenters. The zero-order valence-electron chi connectivity index (χ0n) is 6.90. The summed E-state index contributed by atoms with van der Waals surface area (Å²) in [6.07, 6.45) is -4.69. The van der Waals surface area contributed by atoms with Crippen LogP contribution in [0.1, 0.15) is 15.9 Å². The molecule has 15 heavy (non-hydrogen) atoms. The second-order valence-corrected chi connectivity index (χ2v) is 3.79. The number of hydrogen-bond acceptors (Lipinski definition) is 1. The summed E-state index contributed by atoms with van der Waals surface area (Å²) in [4.78, 5) is 10.6. The SMILES string of the molecule is O=C(O)c1ccc(Cl)c(C(F)(F)F)c1Br. The molecule has 0 spiro atoms. The Balaban J connectivity index is 3.51. The van der Waals surface area contributed by atoms with Crippen molar-refractivity contribution in [3.8, 4) is 0 Å². The zero-order valence-corrected chi connectivity index (χ0v) is 9.24. The van der Waals surface area contributed by atoms with E-state index < -0.39 is 32.8 Å². The molecular weight excluding hydrogens is 300 g/mol. The normalized spacial score (nSPS) is 11.5. The zero-order chi connectivity index (χ0) is 11.8. The van der Waals surface area contributed by atoms with Crippen LogP contribution >= 0.6 is 27.5 Å². The van der Waals surface area contributed by atoms with E-state index in [4.69, 9.17) is 16.7 Å². The minimum atomic E-state index is -4.69. The van der Waals surface area contributed by atoms with Gasteiger partial charge >= 0.3 is 12.1 Å². The first kappa shape index (κ1) is 12.3. The Labute approximate surface area is 95.8 Å². The monoisotopic (exact) mass is 302 g/mol. The Morgan fingerprint density at radius 3 is 2.33 bits per heavy atom. The number of benzene rings is 1. The molecule has 0 unspecified atom stereocenters. The number of halogens is 5. The van der Waals surface area contributed by atoms with Crippen LogP contribution in [0.15, 0.2) is 16.6 Å². The van der Waals surface area contributed by atoms with Crippen molar-refractivity contribution in [3.63, 3.8) is 0 Å². The molecule has 1 aromatic carbocycles. The molecule has 0 bridgehead atoms. The quantitative estimate of drug-likeness (QED) is 0.856. The lowest BCUT2D eigenvalue weighted by molar-refractivity contribution is -0.138. The highest BCUT2D eigenvalue weighted by Gasteiger charge is 2.37. The van der Waals surface area contributed by atoms with Crippen LogP contribution in [0.25, 0.3) is 0 Å².